The monoisotopic (exact) mass is 435 g/mol. The van der Waals surface area contributed by atoms with Crippen LogP contribution in [-0.4, -0.2) is 67.5 Å². The van der Waals surface area contributed by atoms with Gasteiger partial charge in [0.05, 0.1) is 17.7 Å². The summed E-state index contributed by atoms with van der Waals surface area (Å²) in [6.45, 7) is 8.40. The molecule has 2 aromatic rings. The lowest BCUT2D eigenvalue weighted by atomic mass is 9.71. The van der Waals surface area contributed by atoms with Gasteiger partial charge in [-0.25, -0.2) is 0 Å². The predicted octanol–water partition coefficient (Wildman–Crippen LogP) is 3.31. The van der Waals surface area contributed by atoms with Crippen molar-refractivity contribution in [3.8, 4) is 5.75 Å². The lowest BCUT2D eigenvalue weighted by molar-refractivity contribution is -0.142. The molecule has 2 heterocycles. The summed E-state index contributed by atoms with van der Waals surface area (Å²) >= 11 is 0. The van der Waals surface area contributed by atoms with Crippen LogP contribution < -0.4 is 9.64 Å². The molecule has 0 spiro atoms. The molecule has 0 unspecified atom stereocenters. The molecule has 2 amide bonds. The molecule has 170 valence electrons. The lowest BCUT2D eigenvalue weighted by Gasteiger charge is -2.45. The summed E-state index contributed by atoms with van der Waals surface area (Å²) in [5.74, 6) is 1.18. The van der Waals surface area contributed by atoms with Gasteiger partial charge >= 0.3 is 0 Å². The highest BCUT2D eigenvalue weighted by Gasteiger charge is 2.45. The summed E-state index contributed by atoms with van der Waals surface area (Å²) in [5, 5.41) is 0. The summed E-state index contributed by atoms with van der Waals surface area (Å²) in [6.07, 6.45) is 1.34. The molecule has 0 N–H and O–H groups in total. The Hall–Kier alpha value is -3.02. The maximum atomic E-state index is 13.9. The van der Waals surface area contributed by atoms with E-state index in [-0.39, 0.29) is 11.8 Å². The molecular formula is C26H33N3O3. The van der Waals surface area contributed by atoms with Crippen LogP contribution in [-0.2, 0) is 15.0 Å². The van der Waals surface area contributed by atoms with Gasteiger partial charge in [-0.3, -0.25) is 9.59 Å². The fraction of sp³-hybridized carbons (Fsp3) is 0.462. The minimum atomic E-state index is -0.557. The van der Waals surface area contributed by atoms with E-state index < -0.39 is 5.41 Å². The molecule has 2 aliphatic rings. The van der Waals surface area contributed by atoms with Gasteiger partial charge in [0.15, 0.2) is 0 Å². The van der Waals surface area contributed by atoms with E-state index in [0.29, 0.717) is 45.6 Å². The quantitative estimate of drug-likeness (QED) is 0.723. The molecular weight excluding hydrogens is 402 g/mol. The number of hydrogen-bond donors (Lipinski definition) is 0. The van der Waals surface area contributed by atoms with Gasteiger partial charge in [-0.05, 0) is 37.5 Å². The van der Waals surface area contributed by atoms with Crippen molar-refractivity contribution in [2.45, 2.75) is 32.1 Å². The molecule has 0 aliphatic carbocycles. The maximum Gasteiger partial charge on any atom is 0.233 e. The first kappa shape index (κ1) is 22.2. The molecule has 2 fully saturated rings. The van der Waals surface area contributed by atoms with Crippen LogP contribution in [0.4, 0.5) is 5.69 Å². The first-order valence-electron chi connectivity index (χ1n) is 11.6. The first-order chi connectivity index (χ1) is 15.5. The zero-order valence-corrected chi connectivity index (χ0v) is 19.1. The second-order valence-corrected chi connectivity index (χ2v) is 8.63. The van der Waals surface area contributed by atoms with Crippen molar-refractivity contribution in [2.75, 3.05) is 50.8 Å². The van der Waals surface area contributed by atoms with Gasteiger partial charge in [0.1, 0.15) is 5.75 Å². The Morgan fingerprint density at radius 3 is 2.09 bits per heavy atom. The minimum absolute atomic E-state index is 0.0840. The Kier molecular flexibility index (Phi) is 6.68. The fourth-order valence-electron chi connectivity index (χ4n) is 5.04. The molecule has 0 bridgehead atoms. The summed E-state index contributed by atoms with van der Waals surface area (Å²) in [7, 11) is 0. The van der Waals surface area contributed by atoms with Crippen molar-refractivity contribution in [3.63, 3.8) is 0 Å². The fourth-order valence-corrected chi connectivity index (χ4v) is 5.04. The second-order valence-electron chi connectivity index (χ2n) is 8.63. The largest absolute Gasteiger partial charge is 0.492 e. The Morgan fingerprint density at radius 2 is 1.47 bits per heavy atom. The molecule has 0 aromatic heterocycles. The molecule has 0 radical (unpaired) electrons. The van der Waals surface area contributed by atoms with Gasteiger partial charge in [-0.2, -0.15) is 0 Å². The van der Waals surface area contributed by atoms with E-state index >= 15 is 0 Å². The number of nitrogens with zero attached hydrogens (tertiary/aromatic N) is 3. The van der Waals surface area contributed by atoms with Crippen molar-refractivity contribution in [2.24, 2.45) is 0 Å². The summed E-state index contributed by atoms with van der Waals surface area (Å²) in [6, 6.07) is 18.2. The smallest absolute Gasteiger partial charge is 0.233 e. The number of anilines is 1. The highest BCUT2D eigenvalue weighted by Crippen LogP contribution is 2.38. The number of likely N-dealkylation sites (tertiary alicyclic amines) is 1. The molecule has 2 aliphatic heterocycles. The van der Waals surface area contributed by atoms with Crippen LogP contribution in [0.3, 0.4) is 0 Å². The van der Waals surface area contributed by atoms with Gasteiger partial charge in [-0.15, -0.1) is 0 Å². The molecule has 6 nitrogen and oxygen atoms in total. The van der Waals surface area contributed by atoms with E-state index in [9.17, 15) is 9.59 Å². The zero-order valence-electron chi connectivity index (χ0n) is 19.1. The number of hydrogen-bond acceptors (Lipinski definition) is 4. The SMILES string of the molecule is CCOc1ccccc1N1CCN(C(=O)C2(c3ccccc3)CCN(C(C)=O)CC2)CC1. The molecule has 4 rings (SSSR count). The normalized spacial score (nSPS) is 18.4. The van der Waals surface area contributed by atoms with Crippen molar-refractivity contribution < 1.29 is 14.3 Å². The number of benzene rings is 2. The van der Waals surface area contributed by atoms with Crippen LogP contribution in [0.1, 0.15) is 32.3 Å². The molecule has 6 heteroatoms. The summed E-state index contributed by atoms with van der Waals surface area (Å²) in [4.78, 5) is 32.0. The number of rotatable bonds is 5. The molecule has 2 aromatic carbocycles. The van der Waals surface area contributed by atoms with Crippen molar-refractivity contribution in [3.05, 3.63) is 60.2 Å². The molecule has 32 heavy (non-hydrogen) atoms. The third-order valence-corrected chi connectivity index (χ3v) is 6.87. The number of amides is 2. The van der Waals surface area contributed by atoms with E-state index in [1.165, 1.54) is 0 Å². The van der Waals surface area contributed by atoms with Crippen molar-refractivity contribution in [1.82, 2.24) is 9.80 Å². The average Bonchev–Trinajstić information content (AvgIpc) is 2.85. The topological polar surface area (TPSA) is 53.1 Å². The van der Waals surface area contributed by atoms with Gasteiger partial charge in [0, 0.05) is 46.2 Å². The summed E-state index contributed by atoms with van der Waals surface area (Å²) in [5.41, 5.74) is 1.60. The lowest BCUT2D eigenvalue weighted by Crippen LogP contribution is -2.57. The van der Waals surface area contributed by atoms with Crippen LogP contribution >= 0.6 is 0 Å². The van der Waals surface area contributed by atoms with Gasteiger partial charge < -0.3 is 19.4 Å². The first-order valence-corrected chi connectivity index (χ1v) is 11.6. The van der Waals surface area contributed by atoms with Crippen LogP contribution in [0.5, 0.6) is 5.75 Å². The highest BCUT2D eigenvalue weighted by molar-refractivity contribution is 5.89. The van der Waals surface area contributed by atoms with Crippen molar-refractivity contribution >= 4 is 17.5 Å². The highest BCUT2D eigenvalue weighted by atomic mass is 16.5. The molecule has 2 saturated heterocycles. The number of piperidine rings is 1. The standard InChI is InChI=1S/C26H33N3O3/c1-3-32-24-12-8-7-11-23(24)28-17-19-29(20-18-28)25(31)26(22-9-5-4-6-10-22)13-15-27(16-14-26)21(2)30/h4-12H,3,13-20H2,1-2H3. The molecule has 0 saturated carbocycles. The maximum absolute atomic E-state index is 13.9. The number of carbonyl (C=O) groups is 2. The average molecular weight is 436 g/mol. The van der Waals surface area contributed by atoms with E-state index in [1.54, 1.807) is 6.92 Å². The number of carbonyl (C=O) groups excluding carboxylic acids is 2. The van der Waals surface area contributed by atoms with Crippen LogP contribution in [0.2, 0.25) is 0 Å². The molecule has 0 atom stereocenters. The second kappa shape index (κ2) is 9.63. The minimum Gasteiger partial charge on any atom is -0.492 e. The van der Waals surface area contributed by atoms with Crippen LogP contribution in [0.15, 0.2) is 54.6 Å². The number of para-hydroxylation sites is 2. The predicted molar refractivity (Wildman–Crippen MR) is 126 cm³/mol. The Bertz CT molecular complexity index is 930. The summed E-state index contributed by atoms with van der Waals surface area (Å²) < 4.78 is 5.81. The van der Waals surface area contributed by atoms with Gasteiger partial charge in [-0.1, -0.05) is 42.5 Å². The number of piperazine rings is 1. The van der Waals surface area contributed by atoms with Crippen LogP contribution in [0, 0.1) is 0 Å². The number of ether oxygens (including phenoxy) is 1. The van der Waals surface area contributed by atoms with Crippen molar-refractivity contribution in [1.29, 1.82) is 0 Å². The Balaban J connectivity index is 1.51. The zero-order chi connectivity index (χ0) is 22.6. The Labute approximate surface area is 190 Å². The Morgan fingerprint density at radius 1 is 0.844 bits per heavy atom. The van der Waals surface area contributed by atoms with Gasteiger partial charge in [0.25, 0.3) is 0 Å². The van der Waals surface area contributed by atoms with E-state index in [4.69, 9.17) is 4.74 Å². The van der Waals surface area contributed by atoms with E-state index in [0.717, 1.165) is 30.1 Å². The third-order valence-electron chi connectivity index (χ3n) is 6.87. The van der Waals surface area contributed by atoms with Crippen LogP contribution in [0.25, 0.3) is 0 Å². The third kappa shape index (κ3) is 4.31. The van der Waals surface area contributed by atoms with E-state index in [2.05, 4.69) is 23.1 Å². The van der Waals surface area contributed by atoms with E-state index in [1.807, 2.05) is 53.1 Å². The van der Waals surface area contributed by atoms with Gasteiger partial charge in [0.2, 0.25) is 11.8 Å².